The number of carbonyl (C=O) groups is 2. The van der Waals surface area contributed by atoms with E-state index in [0.29, 0.717) is 35.1 Å². The molecule has 2 aromatic carbocycles. The highest BCUT2D eigenvalue weighted by Crippen LogP contribution is 2.38. The number of hydrogen-bond acceptors (Lipinski definition) is 3. The third kappa shape index (κ3) is 2.94. The van der Waals surface area contributed by atoms with Gasteiger partial charge in [0.2, 0.25) is 11.8 Å². The fraction of sp³-hybridized carbons (Fsp3) is 0.200. The van der Waals surface area contributed by atoms with Gasteiger partial charge in [0.05, 0.1) is 17.5 Å². The zero-order valence-corrected chi connectivity index (χ0v) is 14.1. The molecular weight excluding hydrogens is 338 g/mol. The van der Waals surface area contributed by atoms with Gasteiger partial charge in [0.25, 0.3) is 0 Å². The Morgan fingerprint density at radius 3 is 1.80 bits per heavy atom. The molecule has 2 aromatic rings. The Hall–Kier alpha value is -2.59. The number of anilines is 1. The first kappa shape index (κ1) is 15.9. The molecule has 0 radical (unpaired) electrons. The largest absolute Gasteiger partial charge is 0.457 e. The van der Waals surface area contributed by atoms with Crippen LogP contribution in [0.2, 0.25) is 5.02 Å². The van der Waals surface area contributed by atoms with Crippen molar-refractivity contribution in [2.45, 2.75) is 12.8 Å². The van der Waals surface area contributed by atoms with Crippen molar-refractivity contribution in [2.24, 2.45) is 11.8 Å². The molecule has 2 atom stereocenters. The van der Waals surface area contributed by atoms with Gasteiger partial charge in [-0.25, -0.2) is 0 Å². The minimum Gasteiger partial charge on any atom is -0.457 e. The van der Waals surface area contributed by atoms with E-state index < -0.39 is 0 Å². The molecule has 1 saturated heterocycles. The molecule has 4 nitrogen and oxygen atoms in total. The molecule has 25 heavy (non-hydrogen) atoms. The van der Waals surface area contributed by atoms with Crippen molar-refractivity contribution < 1.29 is 14.3 Å². The third-order valence-electron chi connectivity index (χ3n) is 4.65. The molecule has 0 N–H and O–H groups in total. The molecule has 2 amide bonds. The number of ether oxygens (including phenoxy) is 1. The number of amides is 2. The van der Waals surface area contributed by atoms with Gasteiger partial charge in [-0.15, -0.1) is 0 Å². The molecule has 2 aliphatic rings. The van der Waals surface area contributed by atoms with E-state index in [2.05, 4.69) is 0 Å². The number of nitrogens with zero attached hydrogens (tertiary/aromatic N) is 1. The van der Waals surface area contributed by atoms with Crippen molar-refractivity contribution in [3.8, 4) is 11.5 Å². The standard InChI is InChI=1S/C20H16ClNO3/c21-13-5-9-15(10-6-13)25-16-11-7-14(8-12-16)22-19(23)17-3-1-2-4-18(17)20(22)24/h1-2,5-12,17-18H,3-4H2/t17-,18-/m0/s1. The monoisotopic (exact) mass is 353 g/mol. The lowest BCUT2D eigenvalue weighted by Crippen LogP contribution is -2.30. The van der Waals surface area contributed by atoms with Crippen LogP contribution >= 0.6 is 11.6 Å². The van der Waals surface area contributed by atoms with E-state index in [-0.39, 0.29) is 23.7 Å². The van der Waals surface area contributed by atoms with Crippen molar-refractivity contribution in [3.05, 3.63) is 65.7 Å². The van der Waals surface area contributed by atoms with Crippen LogP contribution in [0.25, 0.3) is 0 Å². The lowest BCUT2D eigenvalue weighted by molar-refractivity contribution is -0.122. The molecular formula is C20H16ClNO3. The Morgan fingerprint density at radius 1 is 0.800 bits per heavy atom. The molecule has 1 fully saturated rings. The van der Waals surface area contributed by atoms with Crippen molar-refractivity contribution in [2.75, 3.05) is 4.90 Å². The fourth-order valence-corrected chi connectivity index (χ4v) is 3.48. The summed E-state index contributed by atoms with van der Waals surface area (Å²) in [5.74, 6) is 0.647. The highest BCUT2D eigenvalue weighted by atomic mass is 35.5. The lowest BCUT2D eigenvalue weighted by atomic mass is 9.85. The quantitative estimate of drug-likeness (QED) is 0.599. The van der Waals surface area contributed by atoms with E-state index in [9.17, 15) is 9.59 Å². The van der Waals surface area contributed by atoms with Gasteiger partial charge in [0.1, 0.15) is 11.5 Å². The number of benzene rings is 2. The Morgan fingerprint density at radius 2 is 1.28 bits per heavy atom. The van der Waals surface area contributed by atoms with E-state index in [1.807, 2.05) is 12.2 Å². The topological polar surface area (TPSA) is 46.6 Å². The van der Waals surface area contributed by atoms with Gasteiger partial charge in [0.15, 0.2) is 0 Å². The molecule has 0 bridgehead atoms. The second kappa shape index (κ2) is 6.37. The lowest BCUT2D eigenvalue weighted by Gasteiger charge is -2.15. The summed E-state index contributed by atoms with van der Waals surface area (Å²) in [6, 6.07) is 14.1. The zero-order chi connectivity index (χ0) is 17.4. The second-order valence-electron chi connectivity index (χ2n) is 6.22. The van der Waals surface area contributed by atoms with Crippen molar-refractivity contribution in [1.82, 2.24) is 0 Å². The molecule has 0 unspecified atom stereocenters. The molecule has 1 aliphatic carbocycles. The Balaban J connectivity index is 1.53. The molecule has 1 aliphatic heterocycles. The van der Waals surface area contributed by atoms with Crippen LogP contribution in [0.5, 0.6) is 11.5 Å². The fourth-order valence-electron chi connectivity index (χ4n) is 3.36. The van der Waals surface area contributed by atoms with Crippen LogP contribution < -0.4 is 9.64 Å². The van der Waals surface area contributed by atoms with E-state index in [1.165, 1.54) is 4.90 Å². The molecule has 0 saturated carbocycles. The molecule has 0 aromatic heterocycles. The maximum absolute atomic E-state index is 12.6. The summed E-state index contributed by atoms with van der Waals surface area (Å²) in [5, 5.41) is 0.643. The SMILES string of the molecule is O=C1[C@H]2CC=CC[C@@H]2C(=O)N1c1ccc(Oc2ccc(Cl)cc2)cc1. The first-order valence-electron chi connectivity index (χ1n) is 8.20. The number of rotatable bonds is 3. The van der Waals surface area contributed by atoms with Crippen molar-refractivity contribution in [1.29, 1.82) is 0 Å². The average Bonchev–Trinajstić information content (AvgIpc) is 2.89. The van der Waals surface area contributed by atoms with Gasteiger partial charge >= 0.3 is 0 Å². The van der Waals surface area contributed by atoms with E-state index in [0.717, 1.165) is 0 Å². The Kier molecular flexibility index (Phi) is 4.06. The smallest absolute Gasteiger partial charge is 0.238 e. The van der Waals surface area contributed by atoms with Gasteiger partial charge in [-0.1, -0.05) is 23.8 Å². The first-order chi connectivity index (χ1) is 12.1. The van der Waals surface area contributed by atoms with E-state index in [1.54, 1.807) is 48.5 Å². The first-order valence-corrected chi connectivity index (χ1v) is 8.57. The number of allylic oxidation sites excluding steroid dienone is 2. The molecule has 4 rings (SSSR count). The number of halogens is 1. The van der Waals surface area contributed by atoms with Crippen LogP contribution in [0.3, 0.4) is 0 Å². The maximum atomic E-state index is 12.6. The number of hydrogen-bond donors (Lipinski definition) is 0. The van der Waals surface area contributed by atoms with Gasteiger partial charge in [-0.3, -0.25) is 14.5 Å². The van der Waals surface area contributed by atoms with Crippen molar-refractivity contribution >= 4 is 29.1 Å². The number of fused-ring (bicyclic) bond motifs is 1. The minimum atomic E-state index is -0.220. The van der Waals surface area contributed by atoms with Crippen LogP contribution in [0, 0.1) is 11.8 Å². The summed E-state index contributed by atoms with van der Waals surface area (Å²) in [4.78, 5) is 26.5. The number of carbonyl (C=O) groups excluding carboxylic acids is 2. The molecule has 0 spiro atoms. The summed E-state index contributed by atoms with van der Waals surface area (Å²) < 4.78 is 5.74. The van der Waals surface area contributed by atoms with Gasteiger partial charge in [0, 0.05) is 5.02 Å². The summed E-state index contributed by atoms with van der Waals surface area (Å²) in [6.07, 6.45) is 5.25. The van der Waals surface area contributed by atoms with Crippen LogP contribution in [0.15, 0.2) is 60.7 Å². The van der Waals surface area contributed by atoms with Crippen molar-refractivity contribution in [3.63, 3.8) is 0 Å². The number of imide groups is 1. The Labute approximate surface area is 150 Å². The van der Waals surface area contributed by atoms with Crippen LogP contribution in [0.4, 0.5) is 5.69 Å². The summed E-state index contributed by atoms with van der Waals surface area (Å²) in [6.45, 7) is 0. The molecule has 126 valence electrons. The summed E-state index contributed by atoms with van der Waals surface area (Å²) >= 11 is 5.86. The van der Waals surface area contributed by atoms with Gasteiger partial charge in [-0.05, 0) is 61.4 Å². The summed E-state index contributed by atoms with van der Waals surface area (Å²) in [7, 11) is 0. The Bertz CT molecular complexity index is 816. The van der Waals surface area contributed by atoms with Gasteiger partial charge in [-0.2, -0.15) is 0 Å². The third-order valence-corrected chi connectivity index (χ3v) is 4.90. The normalized spacial score (nSPS) is 22.2. The predicted molar refractivity (Wildman–Crippen MR) is 95.8 cm³/mol. The molecule has 5 heteroatoms. The minimum absolute atomic E-state index is 0.106. The summed E-state index contributed by atoms with van der Waals surface area (Å²) in [5.41, 5.74) is 0.591. The van der Waals surface area contributed by atoms with Gasteiger partial charge < -0.3 is 4.74 Å². The maximum Gasteiger partial charge on any atom is 0.238 e. The molecule has 1 heterocycles. The van der Waals surface area contributed by atoms with Crippen LogP contribution in [-0.4, -0.2) is 11.8 Å². The highest BCUT2D eigenvalue weighted by Gasteiger charge is 2.47. The predicted octanol–water partition coefficient (Wildman–Crippen LogP) is 4.59. The zero-order valence-electron chi connectivity index (χ0n) is 13.4. The van der Waals surface area contributed by atoms with Crippen LogP contribution in [0.1, 0.15) is 12.8 Å². The van der Waals surface area contributed by atoms with E-state index in [4.69, 9.17) is 16.3 Å². The van der Waals surface area contributed by atoms with Crippen LogP contribution in [-0.2, 0) is 9.59 Å². The second-order valence-corrected chi connectivity index (χ2v) is 6.65. The van der Waals surface area contributed by atoms with E-state index >= 15 is 0 Å². The average molecular weight is 354 g/mol. The highest BCUT2D eigenvalue weighted by molar-refractivity contribution is 6.30.